The molecular weight excluding hydrogens is 262 g/mol. The summed E-state index contributed by atoms with van der Waals surface area (Å²) in [5.74, 6) is 1.11. The van der Waals surface area contributed by atoms with Gasteiger partial charge in [-0.2, -0.15) is 0 Å². The van der Waals surface area contributed by atoms with Gasteiger partial charge in [-0.15, -0.1) is 0 Å². The summed E-state index contributed by atoms with van der Waals surface area (Å²) in [7, 11) is 0. The summed E-state index contributed by atoms with van der Waals surface area (Å²) in [6, 6.07) is 10.9. The van der Waals surface area contributed by atoms with Crippen molar-refractivity contribution in [2.45, 2.75) is 57.5 Å². The predicted molar refractivity (Wildman–Crippen MR) is 86.4 cm³/mol. The zero-order chi connectivity index (χ0) is 15.1. The first-order valence-electron chi connectivity index (χ1n) is 7.96. The van der Waals surface area contributed by atoms with Crippen molar-refractivity contribution in [3.8, 4) is 0 Å². The zero-order valence-electron chi connectivity index (χ0n) is 12.8. The maximum absolute atomic E-state index is 8.85. The number of oxime groups is 1. The van der Waals surface area contributed by atoms with Gasteiger partial charge < -0.3 is 16.3 Å². The summed E-state index contributed by atoms with van der Waals surface area (Å²) in [4.78, 5) is 0. The van der Waals surface area contributed by atoms with E-state index < -0.39 is 0 Å². The minimum Gasteiger partial charge on any atom is -0.409 e. The summed E-state index contributed by atoms with van der Waals surface area (Å²) in [6.07, 6.45) is 6.85. The molecule has 2 rings (SSSR count). The Balaban J connectivity index is 2.05. The Morgan fingerprint density at radius 3 is 2.76 bits per heavy atom. The van der Waals surface area contributed by atoms with Crippen LogP contribution in [0.4, 0.5) is 0 Å². The third-order valence-electron chi connectivity index (χ3n) is 4.44. The van der Waals surface area contributed by atoms with Gasteiger partial charge in [0, 0.05) is 18.5 Å². The quantitative estimate of drug-likeness (QED) is 0.256. The first kappa shape index (κ1) is 15.8. The minimum absolute atomic E-state index is 0.112. The predicted octanol–water partition coefficient (Wildman–Crippen LogP) is 3.42. The van der Waals surface area contributed by atoms with Crippen molar-refractivity contribution >= 4 is 5.84 Å². The Hall–Kier alpha value is -1.55. The molecular formula is C17H27N3O. The van der Waals surface area contributed by atoms with E-state index in [9.17, 15) is 0 Å². The highest BCUT2D eigenvalue weighted by atomic mass is 16.4. The number of hydrogen-bond acceptors (Lipinski definition) is 3. The maximum Gasteiger partial charge on any atom is 0.141 e. The second-order valence-electron chi connectivity index (χ2n) is 6.24. The number of rotatable bonds is 5. The van der Waals surface area contributed by atoms with Gasteiger partial charge in [-0.05, 0) is 30.7 Å². The van der Waals surface area contributed by atoms with Crippen molar-refractivity contribution in [3.63, 3.8) is 0 Å². The molecule has 0 spiro atoms. The Morgan fingerprint density at radius 1 is 1.29 bits per heavy atom. The molecule has 0 aromatic heterocycles. The Kier molecular flexibility index (Phi) is 6.05. The highest BCUT2D eigenvalue weighted by Gasteiger charge is 2.21. The van der Waals surface area contributed by atoms with Crippen LogP contribution in [0, 0.1) is 5.92 Å². The lowest BCUT2D eigenvalue weighted by Gasteiger charge is -2.25. The number of nitrogens with one attached hydrogen (secondary N) is 1. The second-order valence-corrected chi connectivity index (χ2v) is 6.24. The van der Waals surface area contributed by atoms with Crippen LogP contribution in [0.2, 0.25) is 0 Å². The third-order valence-corrected chi connectivity index (χ3v) is 4.44. The van der Waals surface area contributed by atoms with Gasteiger partial charge in [-0.1, -0.05) is 55.3 Å². The molecule has 4 heteroatoms. The van der Waals surface area contributed by atoms with Gasteiger partial charge in [0.2, 0.25) is 0 Å². The SMILES string of the molecule is CC1CCCC(NC(C/C(N)=N/O)c2ccccc2)CC1. The van der Waals surface area contributed by atoms with Crippen LogP contribution in [-0.2, 0) is 0 Å². The van der Waals surface area contributed by atoms with E-state index in [1.54, 1.807) is 0 Å². The summed E-state index contributed by atoms with van der Waals surface area (Å²) in [6.45, 7) is 2.34. The van der Waals surface area contributed by atoms with E-state index in [4.69, 9.17) is 10.9 Å². The molecule has 1 saturated carbocycles. The van der Waals surface area contributed by atoms with Crippen LogP contribution in [0.15, 0.2) is 35.5 Å². The van der Waals surface area contributed by atoms with Crippen LogP contribution in [0.3, 0.4) is 0 Å². The lowest BCUT2D eigenvalue weighted by molar-refractivity contribution is 0.314. The second kappa shape index (κ2) is 8.03. The van der Waals surface area contributed by atoms with Crippen LogP contribution in [0.25, 0.3) is 0 Å². The number of hydrogen-bond donors (Lipinski definition) is 3. The number of amidine groups is 1. The standard InChI is InChI=1S/C17H27N3O/c1-13-6-5-9-15(11-10-13)19-16(12-17(18)20-21)14-7-3-2-4-8-14/h2-4,7-8,13,15-16,19,21H,5-6,9-12H2,1H3,(H2,18,20). The van der Waals surface area contributed by atoms with Crippen LogP contribution in [0.5, 0.6) is 0 Å². The summed E-state index contributed by atoms with van der Waals surface area (Å²) >= 11 is 0. The molecule has 0 saturated heterocycles. The molecule has 21 heavy (non-hydrogen) atoms. The summed E-state index contributed by atoms with van der Waals surface area (Å²) in [5, 5.41) is 15.7. The zero-order valence-corrected chi connectivity index (χ0v) is 12.8. The van der Waals surface area contributed by atoms with E-state index in [-0.39, 0.29) is 11.9 Å². The van der Waals surface area contributed by atoms with E-state index in [2.05, 4.69) is 29.5 Å². The highest BCUT2D eigenvalue weighted by molar-refractivity contribution is 5.80. The molecule has 0 amide bonds. The molecule has 0 radical (unpaired) electrons. The van der Waals surface area contributed by atoms with Crippen molar-refractivity contribution in [1.29, 1.82) is 0 Å². The molecule has 1 aromatic carbocycles. The fraction of sp³-hybridized carbons (Fsp3) is 0.588. The lowest BCUT2D eigenvalue weighted by atomic mass is 9.99. The molecule has 1 aliphatic carbocycles. The van der Waals surface area contributed by atoms with E-state index in [1.165, 1.54) is 37.7 Å². The lowest BCUT2D eigenvalue weighted by Crippen LogP contribution is -2.35. The first-order valence-corrected chi connectivity index (χ1v) is 7.96. The average molecular weight is 289 g/mol. The summed E-state index contributed by atoms with van der Waals surface area (Å²) in [5.41, 5.74) is 6.92. The monoisotopic (exact) mass is 289 g/mol. The fourth-order valence-electron chi connectivity index (χ4n) is 3.15. The molecule has 4 nitrogen and oxygen atoms in total. The maximum atomic E-state index is 8.85. The molecule has 0 aliphatic heterocycles. The van der Waals surface area contributed by atoms with Crippen molar-refractivity contribution in [2.75, 3.05) is 0 Å². The van der Waals surface area contributed by atoms with Gasteiger partial charge >= 0.3 is 0 Å². The smallest absolute Gasteiger partial charge is 0.141 e. The van der Waals surface area contributed by atoms with E-state index >= 15 is 0 Å². The molecule has 116 valence electrons. The topological polar surface area (TPSA) is 70.6 Å². The molecule has 1 aliphatic rings. The molecule has 1 aromatic rings. The number of nitrogens with zero attached hydrogens (tertiary/aromatic N) is 1. The van der Waals surface area contributed by atoms with Crippen LogP contribution in [-0.4, -0.2) is 17.1 Å². The van der Waals surface area contributed by atoms with Crippen molar-refractivity contribution < 1.29 is 5.21 Å². The molecule has 0 heterocycles. The van der Waals surface area contributed by atoms with Crippen molar-refractivity contribution in [1.82, 2.24) is 5.32 Å². The molecule has 0 bridgehead atoms. The van der Waals surface area contributed by atoms with Crippen LogP contribution in [0.1, 0.15) is 57.1 Å². The molecule has 3 unspecified atom stereocenters. The van der Waals surface area contributed by atoms with Gasteiger partial charge in [0.05, 0.1) is 0 Å². The number of benzene rings is 1. The van der Waals surface area contributed by atoms with Gasteiger partial charge in [-0.25, -0.2) is 0 Å². The molecule has 3 atom stereocenters. The van der Waals surface area contributed by atoms with E-state index in [1.807, 2.05) is 18.2 Å². The largest absolute Gasteiger partial charge is 0.409 e. The Morgan fingerprint density at radius 2 is 2.05 bits per heavy atom. The highest BCUT2D eigenvalue weighted by Crippen LogP contribution is 2.26. The normalized spacial score (nSPS) is 25.3. The average Bonchev–Trinajstić information content (AvgIpc) is 2.72. The fourth-order valence-corrected chi connectivity index (χ4v) is 3.15. The molecule has 1 fully saturated rings. The number of nitrogens with two attached hydrogens (primary N) is 1. The van der Waals surface area contributed by atoms with Crippen LogP contribution >= 0.6 is 0 Å². The van der Waals surface area contributed by atoms with Crippen molar-refractivity contribution in [2.24, 2.45) is 16.8 Å². The van der Waals surface area contributed by atoms with Crippen LogP contribution < -0.4 is 11.1 Å². The Labute approximate surface area is 127 Å². The van der Waals surface area contributed by atoms with E-state index in [0.29, 0.717) is 12.5 Å². The Bertz CT molecular complexity index is 447. The van der Waals surface area contributed by atoms with Crippen molar-refractivity contribution in [3.05, 3.63) is 35.9 Å². The molecule has 4 N–H and O–H groups in total. The van der Waals surface area contributed by atoms with E-state index in [0.717, 1.165) is 5.92 Å². The minimum atomic E-state index is 0.112. The van der Waals surface area contributed by atoms with Gasteiger partial charge in [0.1, 0.15) is 5.84 Å². The third kappa shape index (κ3) is 5.05. The van der Waals surface area contributed by atoms with Gasteiger partial charge in [0.25, 0.3) is 0 Å². The van der Waals surface area contributed by atoms with Gasteiger partial charge in [-0.3, -0.25) is 0 Å². The van der Waals surface area contributed by atoms with Gasteiger partial charge in [0.15, 0.2) is 0 Å². The summed E-state index contributed by atoms with van der Waals surface area (Å²) < 4.78 is 0. The first-order chi connectivity index (χ1) is 10.2.